The molecule has 1 aromatic rings. The van der Waals surface area contributed by atoms with Crippen LogP contribution in [0.15, 0.2) is 24.0 Å². The molecule has 25 heavy (non-hydrogen) atoms. The highest BCUT2D eigenvalue weighted by Crippen LogP contribution is 2.44. The highest BCUT2D eigenvalue weighted by Gasteiger charge is 2.30. The van der Waals surface area contributed by atoms with E-state index in [1.165, 1.54) is 5.57 Å². The molecule has 0 spiro atoms. The second kappa shape index (κ2) is 7.42. The van der Waals surface area contributed by atoms with E-state index in [0.717, 1.165) is 24.0 Å². The number of hydrogen-bond donors (Lipinski definition) is 0. The molecule has 0 unspecified atom stereocenters. The predicted octanol–water partition coefficient (Wildman–Crippen LogP) is 4.40. The monoisotopic (exact) mass is 345 g/mol. The Balaban J connectivity index is 2.80. The quantitative estimate of drug-likeness (QED) is 0.718. The summed E-state index contributed by atoms with van der Waals surface area (Å²) in [5.74, 6) is -2.48. The number of carboxylic acids is 1. The van der Waals surface area contributed by atoms with E-state index in [4.69, 9.17) is 4.74 Å². The van der Waals surface area contributed by atoms with E-state index in [1.807, 2.05) is 19.1 Å². The second-order valence-electron chi connectivity index (χ2n) is 6.93. The normalized spacial score (nSPS) is 16.6. The molecule has 136 valence electrons. The molecule has 0 amide bonds. The Kier molecular flexibility index (Phi) is 5.71. The third-order valence-corrected chi connectivity index (χ3v) is 4.86. The molecule has 3 nitrogen and oxygen atoms in total. The summed E-state index contributed by atoms with van der Waals surface area (Å²) < 4.78 is 20.0. The summed E-state index contributed by atoms with van der Waals surface area (Å²) in [5, 5.41) is 11.1. The minimum atomic E-state index is -1.79. The first kappa shape index (κ1) is 19.2. The highest BCUT2D eigenvalue weighted by atomic mass is 19.1. The number of benzene rings is 1. The number of allylic oxidation sites excluding steroid dienone is 3. The molecule has 0 N–H and O–H groups in total. The van der Waals surface area contributed by atoms with Crippen LogP contribution in [0.5, 0.6) is 5.75 Å². The fraction of sp³-hybridized carbons (Fsp3) is 0.476. The lowest BCUT2D eigenvalue weighted by atomic mass is 9.72. The van der Waals surface area contributed by atoms with Crippen LogP contribution in [0.1, 0.15) is 70.6 Å². The molecular weight excluding hydrogens is 319 g/mol. The van der Waals surface area contributed by atoms with Crippen molar-refractivity contribution >= 4 is 17.1 Å². The summed E-state index contributed by atoms with van der Waals surface area (Å²) in [6.45, 7) is 10.4. The zero-order chi connectivity index (χ0) is 18.8. The van der Waals surface area contributed by atoms with E-state index in [0.29, 0.717) is 17.9 Å². The van der Waals surface area contributed by atoms with Gasteiger partial charge in [-0.15, -0.1) is 0 Å². The van der Waals surface area contributed by atoms with Gasteiger partial charge in [-0.2, -0.15) is 0 Å². The zero-order valence-electron chi connectivity index (χ0n) is 15.7. The third kappa shape index (κ3) is 3.63. The van der Waals surface area contributed by atoms with Gasteiger partial charge in [-0.25, -0.2) is 4.39 Å². The summed E-state index contributed by atoms with van der Waals surface area (Å²) in [6.07, 6.45) is 4.26. The van der Waals surface area contributed by atoms with E-state index < -0.39 is 11.8 Å². The molecule has 0 heterocycles. The third-order valence-electron chi connectivity index (χ3n) is 4.86. The van der Waals surface area contributed by atoms with Crippen molar-refractivity contribution in [1.29, 1.82) is 0 Å². The largest absolute Gasteiger partial charge is 0.542 e. The fourth-order valence-corrected chi connectivity index (χ4v) is 3.44. The van der Waals surface area contributed by atoms with Crippen LogP contribution in [0.3, 0.4) is 0 Å². The molecule has 0 aromatic heterocycles. The summed E-state index contributed by atoms with van der Waals surface area (Å²) >= 11 is 0. The maximum Gasteiger partial charge on any atom is 0.149 e. The van der Waals surface area contributed by atoms with Crippen LogP contribution in [-0.2, 0) is 10.2 Å². The van der Waals surface area contributed by atoms with Gasteiger partial charge in [0.2, 0.25) is 0 Å². The number of carbonyl (C=O) groups excluding carboxylic acids is 1. The van der Waals surface area contributed by atoms with Crippen molar-refractivity contribution in [1.82, 2.24) is 0 Å². The van der Waals surface area contributed by atoms with E-state index in [-0.39, 0.29) is 17.4 Å². The number of ether oxygens (including phenoxy) is 1. The van der Waals surface area contributed by atoms with Gasteiger partial charge in [0.1, 0.15) is 17.5 Å². The van der Waals surface area contributed by atoms with Crippen LogP contribution in [-0.4, -0.2) is 12.6 Å². The van der Waals surface area contributed by atoms with E-state index >= 15 is 0 Å². The Morgan fingerprint density at radius 3 is 2.48 bits per heavy atom. The Bertz CT molecular complexity index is 742. The molecule has 0 bridgehead atoms. The molecule has 0 aliphatic heterocycles. The van der Waals surface area contributed by atoms with Crippen molar-refractivity contribution in [2.24, 2.45) is 0 Å². The number of fused-ring (bicyclic) bond motifs is 1. The minimum absolute atomic E-state index is 0.0542. The molecule has 1 aliphatic rings. The SMILES string of the molecule is CCOc1cc2c(cc1/C(CC)=C(/F)C(=O)[O-])C(CC)=CCC2(C)C. The molecule has 4 heteroatoms. The van der Waals surface area contributed by atoms with Gasteiger partial charge in [-0.1, -0.05) is 33.8 Å². The molecule has 0 atom stereocenters. The van der Waals surface area contributed by atoms with Crippen LogP contribution < -0.4 is 9.84 Å². The summed E-state index contributed by atoms with van der Waals surface area (Å²) in [4.78, 5) is 11.1. The van der Waals surface area contributed by atoms with Crippen LogP contribution in [0, 0.1) is 0 Å². The number of rotatable bonds is 6. The van der Waals surface area contributed by atoms with Crippen molar-refractivity contribution in [2.75, 3.05) is 6.61 Å². The lowest BCUT2D eigenvalue weighted by Crippen LogP contribution is -2.24. The first-order valence-corrected chi connectivity index (χ1v) is 8.87. The van der Waals surface area contributed by atoms with Crippen molar-refractivity contribution < 1.29 is 19.0 Å². The number of carboxylic acid groups (broad SMARTS) is 1. The number of halogens is 1. The maximum atomic E-state index is 14.2. The number of aliphatic carboxylic acids is 1. The maximum absolute atomic E-state index is 14.2. The smallest absolute Gasteiger partial charge is 0.149 e. The molecule has 0 saturated carbocycles. The van der Waals surface area contributed by atoms with E-state index in [2.05, 4.69) is 26.8 Å². The van der Waals surface area contributed by atoms with Gasteiger partial charge in [0.15, 0.2) is 0 Å². The average Bonchev–Trinajstić information content (AvgIpc) is 2.56. The lowest BCUT2D eigenvalue weighted by molar-refractivity contribution is -0.301. The van der Waals surface area contributed by atoms with Crippen molar-refractivity contribution in [2.45, 2.75) is 59.3 Å². The van der Waals surface area contributed by atoms with Gasteiger partial charge in [-0.05, 0) is 60.4 Å². The molecule has 0 saturated heterocycles. The molecular formula is C21H26FO3-. The van der Waals surface area contributed by atoms with Crippen LogP contribution >= 0.6 is 0 Å². The summed E-state index contributed by atoms with van der Waals surface area (Å²) in [7, 11) is 0. The van der Waals surface area contributed by atoms with Gasteiger partial charge in [0.25, 0.3) is 0 Å². The molecule has 2 rings (SSSR count). The van der Waals surface area contributed by atoms with Gasteiger partial charge in [-0.3, -0.25) is 0 Å². The molecule has 0 radical (unpaired) electrons. The summed E-state index contributed by atoms with van der Waals surface area (Å²) in [5.41, 5.74) is 3.97. The van der Waals surface area contributed by atoms with Crippen LogP contribution in [0.4, 0.5) is 4.39 Å². The van der Waals surface area contributed by atoms with Gasteiger partial charge in [0.05, 0.1) is 6.61 Å². The fourth-order valence-electron chi connectivity index (χ4n) is 3.44. The lowest BCUT2D eigenvalue weighted by Gasteiger charge is -2.33. The van der Waals surface area contributed by atoms with E-state index in [9.17, 15) is 14.3 Å². The molecule has 1 aromatic carbocycles. The van der Waals surface area contributed by atoms with Crippen molar-refractivity contribution in [3.63, 3.8) is 0 Å². The number of carbonyl (C=O) groups is 1. The van der Waals surface area contributed by atoms with Crippen molar-refractivity contribution in [3.05, 3.63) is 40.7 Å². The summed E-state index contributed by atoms with van der Waals surface area (Å²) in [6, 6.07) is 3.84. The van der Waals surface area contributed by atoms with Gasteiger partial charge < -0.3 is 14.6 Å². The van der Waals surface area contributed by atoms with Crippen LogP contribution in [0.2, 0.25) is 0 Å². The van der Waals surface area contributed by atoms with E-state index in [1.54, 1.807) is 6.92 Å². The van der Waals surface area contributed by atoms with Gasteiger partial charge >= 0.3 is 0 Å². The Labute approximate surface area is 149 Å². The molecule has 0 fully saturated rings. The highest BCUT2D eigenvalue weighted by molar-refractivity contribution is 5.94. The Morgan fingerprint density at radius 2 is 1.96 bits per heavy atom. The van der Waals surface area contributed by atoms with Gasteiger partial charge in [0, 0.05) is 11.1 Å². The average molecular weight is 345 g/mol. The Morgan fingerprint density at radius 1 is 1.28 bits per heavy atom. The number of hydrogen-bond acceptors (Lipinski definition) is 3. The van der Waals surface area contributed by atoms with Crippen molar-refractivity contribution in [3.8, 4) is 5.75 Å². The first-order valence-electron chi connectivity index (χ1n) is 8.87. The van der Waals surface area contributed by atoms with Crippen LogP contribution in [0.25, 0.3) is 11.1 Å². The first-order chi connectivity index (χ1) is 11.8. The second-order valence-corrected chi connectivity index (χ2v) is 6.93. The Hall–Kier alpha value is -2.10. The minimum Gasteiger partial charge on any atom is -0.542 e. The zero-order valence-corrected chi connectivity index (χ0v) is 15.7. The topological polar surface area (TPSA) is 49.4 Å². The molecule has 1 aliphatic carbocycles. The predicted molar refractivity (Wildman–Crippen MR) is 96.8 cm³/mol. The standard InChI is InChI=1S/C21H27FO3/c1-6-13-9-10-21(4,5)17-12-18(25-8-3)16(11-15(13)17)14(7-2)19(22)20(23)24/h9,11-12H,6-8,10H2,1-5H3,(H,23,24)/p-1/b19-14+.